The van der Waals surface area contributed by atoms with Gasteiger partial charge in [0.15, 0.2) is 11.6 Å². The highest BCUT2D eigenvalue weighted by atomic mass is 15.2. The number of azide groups is 1. The lowest BCUT2D eigenvalue weighted by Crippen LogP contribution is -1.94. The van der Waals surface area contributed by atoms with Crippen molar-refractivity contribution in [2.75, 3.05) is 5.73 Å². The second-order valence-electron chi connectivity index (χ2n) is 3.02. The molecule has 0 amide bonds. The molecule has 0 aliphatic rings. The van der Waals surface area contributed by atoms with Crippen LogP contribution in [-0.4, -0.2) is 9.97 Å². The van der Waals surface area contributed by atoms with E-state index in [-0.39, 0.29) is 11.6 Å². The Balaban J connectivity index is 2.46. The standard InChI is InChI=1S/C10H8N6/c11-9-10(15-16-12)13-6-8(14-9)7-4-2-1-3-5-7/h1-6H,(H2,11,14). The van der Waals surface area contributed by atoms with E-state index in [2.05, 4.69) is 20.0 Å². The summed E-state index contributed by atoms with van der Waals surface area (Å²) in [4.78, 5) is 10.7. The predicted molar refractivity (Wildman–Crippen MR) is 60.7 cm³/mol. The van der Waals surface area contributed by atoms with E-state index in [1.807, 2.05) is 30.3 Å². The Morgan fingerprint density at radius 3 is 2.62 bits per heavy atom. The number of benzene rings is 1. The first kappa shape index (κ1) is 9.95. The molecule has 0 aliphatic carbocycles. The van der Waals surface area contributed by atoms with Crippen molar-refractivity contribution in [1.82, 2.24) is 9.97 Å². The Labute approximate surface area is 91.4 Å². The van der Waals surface area contributed by atoms with Crippen molar-refractivity contribution in [2.45, 2.75) is 0 Å². The van der Waals surface area contributed by atoms with Crippen molar-refractivity contribution >= 4 is 11.6 Å². The number of hydrogen-bond acceptors (Lipinski definition) is 4. The Bertz CT molecular complexity index is 544. The maximum atomic E-state index is 8.27. The first-order valence-electron chi connectivity index (χ1n) is 4.54. The van der Waals surface area contributed by atoms with E-state index in [9.17, 15) is 0 Å². The van der Waals surface area contributed by atoms with Crippen LogP contribution in [0.15, 0.2) is 41.6 Å². The molecule has 78 valence electrons. The van der Waals surface area contributed by atoms with Gasteiger partial charge in [0.2, 0.25) is 0 Å². The highest BCUT2D eigenvalue weighted by molar-refractivity contribution is 5.63. The van der Waals surface area contributed by atoms with Gasteiger partial charge in [0, 0.05) is 10.5 Å². The Morgan fingerprint density at radius 1 is 1.25 bits per heavy atom. The van der Waals surface area contributed by atoms with Gasteiger partial charge >= 0.3 is 0 Å². The van der Waals surface area contributed by atoms with Crippen LogP contribution in [0.3, 0.4) is 0 Å². The van der Waals surface area contributed by atoms with E-state index in [0.29, 0.717) is 5.69 Å². The summed E-state index contributed by atoms with van der Waals surface area (Å²) in [5, 5.41) is 3.32. The molecule has 0 radical (unpaired) electrons. The molecule has 0 aliphatic heterocycles. The van der Waals surface area contributed by atoms with E-state index in [4.69, 9.17) is 11.3 Å². The van der Waals surface area contributed by atoms with Crippen LogP contribution < -0.4 is 5.73 Å². The largest absolute Gasteiger partial charge is 0.382 e. The smallest absolute Gasteiger partial charge is 0.168 e. The number of nitrogens with two attached hydrogens (primary N) is 1. The summed E-state index contributed by atoms with van der Waals surface area (Å²) in [5.74, 6) is 0.223. The molecule has 1 aromatic heterocycles. The van der Waals surface area contributed by atoms with Crippen molar-refractivity contribution in [1.29, 1.82) is 0 Å². The summed E-state index contributed by atoms with van der Waals surface area (Å²) in [6, 6.07) is 9.51. The average molecular weight is 212 g/mol. The maximum absolute atomic E-state index is 8.27. The lowest BCUT2D eigenvalue weighted by molar-refractivity contribution is 1.18. The molecule has 0 fully saturated rings. The van der Waals surface area contributed by atoms with Crippen LogP contribution in [0.5, 0.6) is 0 Å². The molecule has 0 spiro atoms. The van der Waals surface area contributed by atoms with Gasteiger partial charge in [-0.25, -0.2) is 9.97 Å². The fraction of sp³-hybridized carbons (Fsp3) is 0. The number of nitrogen functional groups attached to an aromatic ring is 1. The Morgan fingerprint density at radius 2 is 2.00 bits per heavy atom. The maximum Gasteiger partial charge on any atom is 0.168 e. The molecule has 2 N–H and O–H groups in total. The highest BCUT2D eigenvalue weighted by Crippen LogP contribution is 2.22. The number of rotatable bonds is 2. The van der Waals surface area contributed by atoms with Crippen LogP contribution in [0.4, 0.5) is 11.6 Å². The first-order chi connectivity index (χ1) is 7.81. The van der Waals surface area contributed by atoms with Gasteiger partial charge in [-0.05, 0) is 10.6 Å². The normalized spacial score (nSPS) is 9.50. The van der Waals surface area contributed by atoms with Gasteiger partial charge in [-0.15, -0.1) is 0 Å². The third-order valence-electron chi connectivity index (χ3n) is 1.99. The highest BCUT2D eigenvalue weighted by Gasteiger charge is 2.03. The Kier molecular flexibility index (Phi) is 2.67. The van der Waals surface area contributed by atoms with Crippen LogP contribution in [0.2, 0.25) is 0 Å². The quantitative estimate of drug-likeness (QED) is 0.470. The summed E-state index contributed by atoms with van der Waals surface area (Å²) in [7, 11) is 0. The number of aromatic nitrogens is 2. The van der Waals surface area contributed by atoms with Gasteiger partial charge in [-0.3, -0.25) is 0 Å². The fourth-order valence-electron chi connectivity index (χ4n) is 1.26. The molecular formula is C10H8N6. The van der Waals surface area contributed by atoms with Gasteiger partial charge < -0.3 is 5.73 Å². The summed E-state index contributed by atoms with van der Waals surface area (Å²) < 4.78 is 0. The van der Waals surface area contributed by atoms with Crippen molar-refractivity contribution in [2.24, 2.45) is 5.11 Å². The molecule has 0 bridgehead atoms. The summed E-state index contributed by atoms with van der Waals surface area (Å²) in [6.45, 7) is 0. The minimum Gasteiger partial charge on any atom is -0.382 e. The summed E-state index contributed by atoms with van der Waals surface area (Å²) in [5.41, 5.74) is 15.4. The zero-order valence-corrected chi connectivity index (χ0v) is 8.28. The predicted octanol–water partition coefficient (Wildman–Crippen LogP) is 2.67. The minimum atomic E-state index is 0.0992. The molecule has 16 heavy (non-hydrogen) atoms. The lowest BCUT2D eigenvalue weighted by Gasteiger charge is -2.02. The first-order valence-corrected chi connectivity index (χ1v) is 4.54. The second kappa shape index (κ2) is 4.29. The molecule has 0 saturated carbocycles. The molecule has 0 atom stereocenters. The third-order valence-corrected chi connectivity index (χ3v) is 1.99. The topological polar surface area (TPSA) is 101 Å². The molecule has 2 rings (SSSR count). The van der Waals surface area contributed by atoms with Crippen LogP contribution in [0.25, 0.3) is 21.7 Å². The zero-order valence-electron chi connectivity index (χ0n) is 8.28. The monoisotopic (exact) mass is 212 g/mol. The Hall–Kier alpha value is -2.59. The SMILES string of the molecule is [N-]=[N+]=Nc1ncc(-c2ccccc2)nc1N. The van der Waals surface area contributed by atoms with Gasteiger partial charge in [-0.2, -0.15) is 0 Å². The zero-order chi connectivity index (χ0) is 11.4. The molecule has 6 nitrogen and oxygen atoms in total. The van der Waals surface area contributed by atoms with Crippen molar-refractivity contribution in [3.05, 3.63) is 47.0 Å². The molecule has 0 saturated heterocycles. The number of anilines is 1. The van der Waals surface area contributed by atoms with E-state index in [1.165, 1.54) is 6.20 Å². The van der Waals surface area contributed by atoms with Crippen LogP contribution in [-0.2, 0) is 0 Å². The van der Waals surface area contributed by atoms with Gasteiger partial charge in [0.1, 0.15) is 0 Å². The van der Waals surface area contributed by atoms with Crippen LogP contribution in [0.1, 0.15) is 0 Å². The van der Waals surface area contributed by atoms with Crippen LogP contribution in [0, 0.1) is 0 Å². The van der Waals surface area contributed by atoms with E-state index >= 15 is 0 Å². The fourth-order valence-corrected chi connectivity index (χ4v) is 1.26. The molecule has 1 aromatic carbocycles. The van der Waals surface area contributed by atoms with Gasteiger partial charge in [0.05, 0.1) is 11.9 Å². The molecular weight excluding hydrogens is 204 g/mol. The second-order valence-corrected chi connectivity index (χ2v) is 3.02. The van der Waals surface area contributed by atoms with Crippen molar-refractivity contribution in [3.8, 4) is 11.3 Å². The molecule has 1 heterocycles. The third kappa shape index (κ3) is 1.92. The van der Waals surface area contributed by atoms with E-state index < -0.39 is 0 Å². The number of nitrogens with zero attached hydrogens (tertiary/aromatic N) is 5. The van der Waals surface area contributed by atoms with Gasteiger partial charge in [-0.1, -0.05) is 30.3 Å². The summed E-state index contributed by atoms with van der Waals surface area (Å²) >= 11 is 0. The van der Waals surface area contributed by atoms with E-state index in [0.717, 1.165) is 5.56 Å². The van der Waals surface area contributed by atoms with E-state index in [1.54, 1.807) is 0 Å². The molecule has 0 unspecified atom stereocenters. The molecule has 2 aromatic rings. The molecule has 6 heteroatoms. The van der Waals surface area contributed by atoms with Crippen molar-refractivity contribution in [3.63, 3.8) is 0 Å². The minimum absolute atomic E-state index is 0.0992. The van der Waals surface area contributed by atoms with Crippen molar-refractivity contribution < 1.29 is 0 Å². The van der Waals surface area contributed by atoms with Crippen LogP contribution >= 0.6 is 0 Å². The lowest BCUT2D eigenvalue weighted by atomic mass is 10.2. The van der Waals surface area contributed by atoms with Gasteiger partial charge in [0.25, 0.3) is 0 Å². The summed E-state index contributed by atoms with van der Waals surface area (Å²) in [6.07, 6.45) is 1.52. The number of hydrogen-bond donors (Lipinski definition) is 1. The average Bonchev–Trinajstić information content (AvgIpc) is 2.33.